The van der Waals surface area contributed by atoms with Gasteiger partial charge in [-0.2, -0.15) is 0 Å². The highest BCUT2D eigenvalue weighted by molar-refractivity contribution is 5.74. The van der Waals surface area contributed by atoms with E-state index in [1.807, 2.05) is 13.8 Å². The molecule has 1 unspecified atom stereocenters. The number of carbonyl (C=O) groups is 1. The number of carbonyl (C=O) groups excluding carboxylic acids is 1. The van der Waals surface area contributed by atoms with Crippen molar-refractivity contribution >= 4 is 5.97 Å². The molecule has 3 nitrogen and oxygen atoms in total. The van der Waals surface area contributed by atoms with Gasteiger partial charge in [0.25, 0.3) is 0 Å². The highest BCUT2D eigenvalue weighted by Crippen LogP contribution is 2.24. The summed E-state index contributed by atoms with van der Waals surface area (Å²) in [5, 5.41) is 0. The summed E-state index contributed by atoms with van der Waals surface area (Å²) in [7, 11) is 0. The van der Waals surface area contributed by atoms with Crippen molar-refractivity contribution < 1.29 is 14.3 Å². The normalized spacial score (nSPS) is 19.4. The molecule has 1 rings (SSSR count). The van der Waals surface area contributed by atoms with Crippen LogP contribution in [0.3, 0.4) is 0 Å². The molecule has 94 valence electrons. The van der Waals surface area contributed by atoms with Crippen molar-refractivity contribution in [1.82, 2.24) is 0 Å². The van der Waals surface area contributed by atoms with E-state index in [1.54, 1.807) is 0 Å². The molecule has 3 heteroatoms. The average Bonchev–Trinajstić information content (AvgIpc) is 2.31. The Bertz CT molecular complexity index is 197. The SMILES string of the molecule is CCOC(=O)C(CC)OCC1CCCCC1. The van der Waals surface area contributed by atoms with E-state index in [4.69, 9.17) is 9.47 Å². The Morgan fingerprint density at radius 1 is 1.25 bits per heavy atom. The predicted molar refractivity (Wildman–Crippen MR) is 63.2 cm³/mol. The molecule has 0 aromatic heterocycles. The molecule has 0 spiro atoms. The van der Waals surface area contributed by atoms with Crippen molar-refractivity contribution in [3.8, 4) is 0 Å². The van der Waals surface area contributed by atoms with Crippen molar-refractivity contribution in [1.29, 1.82) is 0 Å². The van der Waals surface area contributed by atoms with E-state index in [1.165, 1.54) is 32.1 Å². The first-order chi connectivity index (χ1) is 7.77. The third-order valence-electron chi connectivity index (χ3n) is 3.18. The van der Waals surface area contributed by atoms with Crippen LogP contribution in [-0.2, 0) is 14.3 Å². The van der Waals surface area contributed by atoms with Gasteiger partial charge in [0.2, 0.25) is 0 Å². The number of rotatable bonds is 6. The van der Waals surface area contributed by atoms with Gasteiger partial charge in [0.15, 0.2) is 6.10 Å². The van der Waals surface area contributed by atoms with Gasteiger partial charge in [0.05, 0.1) is 13.2 Å². The lowest BCUT2D eigenvalue weighted by Gasteiger charge is -2.23. The average molecular weight is 228 g/mol. The number of esters is 1. The second-order valence-electron chi connectivity index (χ2n) is 4.49. The molecule has 1 saturated carbocycles. The molecule has 0 bridgehead atoms. The van der Waals surface area contributed by atoms with E-state index >= 15 is 0 Å². The molecule has 1 aliphatic carbocycles. The molecule has 0 aromatic rings. The first-order valence-corrected chi connectivity index (χ1v) is 6.56. The Morgan fingerprint density at radius 2 is 1.94 bits per heavy atom. The lowest BCUT2D eigenvalue weighted by atomic mass is 9.90. The Hall–Kier alpha value is -0.570. The lowest BCUT2D eigenvalue weighted by Crippen LogP contribution is -2.28. The van der Waals surface area contributed by atoms with Crippen LogP contribution in [0, 0.1) is 5.92 Å². The summed E-state index contributed by atoms with van der Waals surface area (Å²) in [6.45, 7) is 4.94. The molecule has 0 heterocycles. The van der Waals surface area contributed by atoms with Crippen molar-refractivity contribution in [3.05, 3.63) is 0 Å². The first kappa shape index (κ1) is 13.5. The van der Waals surface area contributed by atoms with Gasteiger partial charge in [0.1, 0.15) is 0 Å². The summed E-state index contributed by atoms with van der Waals surface area (Å²) in [5.41, 5.74) is 0. The van der Waals surface area contributed by atoms with Gasteiger partial charge in [-0.25, -0.2) is 4.79 Å². The summed E-state index contributed by atoms with van der Waals surface area (Å²) in [6, 6.07) is 0. The van der Waals surface area contributed by atoms with Crippen LogP contribution < -0.4 is 0 Å². The molecule has 0 amide bonds. The zero-order chi connectivity index (χ0) is 11.8. The van der Waals surface area contributed by atoms with Gasteiger partial charge in [0, 0.05) is 0 Å². The van der Waals surface area contributed by atoms with Gasteiger partial charge >= 0.3 is 5.97 Å². The van der Waals surface area contributed by atoms with E-state index in [2.05, 4.69) is 0 Å². The van der Waals surface area contributed by atoms with Crippen molar-refractivity contribution in [3.63, 3.8) is 0 Å². The molecule has 1 atom stereocenters. The Balaban J connectivity index is 2.24. The largest absolute Gasteiger partial charge is 0.464 e. The molecule has 0 aliphatic heterocycles. The monoisotopic (exact) mass is 228 g/mol. The first-order valence-electron chi connectivity index (χ1n) is 6.56. The minimum atomic E-state index is -0.359. The maximum absolute atomic E-state index is 11.5. The number of hydrogen-bond acceptors (Lipinski definition) is 3. The molecule has 1 fully saturated rings. The molecule has 0 radical (unpaired) electrons. The van der Waals surface area contributed by atoms with Crippen LogP contribution in [0.15, 0.2) is 0 Å². The Morgan fingerprint density at radius 3 is 2.50 bits per heavy atom. The number of hydrogen-bond donors (Lipinski definition) is 0. The van der Waals surface area contributed by atoms with Crippen LogP contribution in [0.4, 0.5) is 0 Å². The highest BCUT2D eigenvalue weighted by Gasteiger charge is 2.21. The van der Waals surface area contributed by atoms with Crippen LogP contribution in [0.25, 0.3) is 0 Å². The van der Waals surface area contributed by atoms with Crippen molar-refractivity contribution in [2.45, 2.75) is 58.5 Å². The van der Waals surface area contributed by atoms with Crippen LogP contribution in [0.2, 0.25) is 0 Å². The van der Waals surface area contributed by atoms with E-state index in [-0.39, 0.29) is 12.1 Å². The summed E-state index contributed by atoms with van der Waals surface area (Å²) in [4.78, 5) is 11.5. The second kappa shape index (κ2) is 7.66. The third-order valence-corrected chi connectivity index (χ3v) is 3.18. The molecule has 0 aromatic carbocycles. The van der Waals surface area contributed by atoms with Gasteiger partial charge in [-0.1, -0.05) is 26.2 Å². The van der Waals surface area contributed by atoms with E-state index in [9.17, 15) is 4.79 Å². The zero-order valence-corrected chi connectivity index (χ0v) is 10.5. The third kappa shape index (κ3) is 4.52. The fourth-order valence-corrected chi connectivity index (χ4v) is 2.19. The topological polar surface area (TPSA) is 35.5 Å². The van der Waals surface area contributed by atoms with Gasteiger partial charge < -0.3 is 9.47 Å². The minimum Gasteiger partial charge on any atom is -0.464 e. The summed E-state index contributed by atoms with van der Waals surface area (Å²) in [6.07, 6.45) is 6.81. The highest BCUT2D eigenvalue weighted by atomic mass is 16.6. The molecule has 16 heavy (non-hydrogen) atoms. The van der Waals surface area contributed by atoms with E-state index in [0.717, 1.165) is 6.61 Å². The molecule has 0 N–H and O–H groups in total. The smallest absolute Gasteiger partial charge is 0.335 e. The minimum absolute atomic E-state index is 0.208. The predicted octanol–water partition coefficient (Wildman–Crippen LogP) is 2.93. The van der Waals surface area contributed by atoms with Gasteiger partial charge in [-0.15, -0.1) is 0 Å². The zero-order valence-electron chi connectivity index (χ0n) is 10.5. The maximum atomic E-state index is 11.5. The van der Waals surface area contributed by atoms with Crippen LogP contribution in [-0.4, -0.2) is 25.3 Å². The molecular weight excluding hydrogens is 204 g/mol. The second-order valence-corrected chi connectivity index (χ2v) is 4.49. The van der Waals surface area contributed by atoms with E-state index < -0.39 is 0 Å². The molecule has 1 aliphatic rings. The fourth-order valence-electron chi connectivity index (χ4n) is 2.19. The van der Waals surface area contributed by atoms with Crippen molar-refractivity contribution in [2.24, 2.45) is 5.92 Å². The van der Waals surface area contributed by atoms with Gasteiger partial charge in [-0.3, -0.25) is 0 Å². The molecule has 0 saturated heterocycles. The van der Waals surface area contributed by atoms with Crippen LogP contribution >= 0.6 is 0 Å². The summed E-state index contributed by atoms with van der Waals surface area (Å²) >= 11 is 0. The summed E-state index contributed by atoms with van der Waals surface area (Å²) < 4.78 is 10.6. The molecular formula is C13H24O3. The Kier molecular flexibility index (Phi) is 6.46. The fraction of sp³-hybridized carbons (Fsp3) is 0.923. The standard InChI is InChI=1S/C13H24O3/c1-3-12(13(14)15-4-2)16-10-11-8-6-5-7-9-11/h11-12H,3-10H2,1-2H3. The van der Waals surface area contributed by atoms with Gasteiger partial charge in [-0.05, 0) is 32.1 Å². The quantitative estimate of drug-likeness (QED) is 0.656. The van der Waals surface area contributed by atoms with E-state index in [0.29, 0.717) is 18.9 Å². The number of ether oxygens (including phenoxy) is 2. The lowest BCUT2D eigenvalue weighted by molar-refractivity contribution is -0.158. The summed E-state index contributed by atoms with van der Waals surface area (Å²) in [5.74, 6) is 0.443. The Labute approximate surface area is 98.5 Å². The van der Waals surface area contributed by atoms with Crippen LogP contribution in [0.1, 0.15) is 52.4 Å². The van der Waals surface area contributed by atoms with Crippen molar-refractivity contribution in [2.75, 3.05) is 13.2 Å². The van der Waals surface area contributed by atoms with Crippen LogP contribution in [0.5, 0.6) is 0 Å². The maximum Gasteiger partial charge on any atom is 0.335 e.